The molecule has 1 unspecified atom stereocenters. The van der Waals surface area contributed by atoms with Gasteiger partial charge in [-0.25, -0.2) is 0 Å². The Labute approximate surface area is 103 Å². The zero-order valence-electron chi connectivity index (χ0n) is 8.41. The van der Waals surface area contributed by atoms with Crippen LogP contribution >= 0.6 is 22.6 Å². The summed E-state index contributed by atoms with van der Waals surface area (Å²) in [7, 11) is 0. The lowest BCUT2D eigenvalue weighted by Crippen LogP contribution is -2.10. The third-order valence-electron chi connectivity index (χ3n) is 2.30. The van der Waals surface area contributed by atoms with E-state index < -0.39 is 0 Å². The van der Waals surface area contributed by atoms with Crippen LogP contribution in [0.5, 0.6) is 0 Å². The van der Waals surface area contributed by atoms with Gasteiger partial charge in [-0.15, -0.1) is 0 Å². The SMILES string of the molecule is Cc1ccc(C(N)c2ccc(I)cc2)o1. The highest BCUT2D eigenvalue weighted by Gasteiger charge is 2.11. The van der Waals surface area contributed by atoms with Gasteiger partial charge in [-0.1, -0.05) is 12.1 Å². The molecule has 0 bridgehead atoms. The van der Waals surface area contributed by atoms with Gasteiger partial charge in [0.05, 0.1) is 6.04 Å². The Morgan fingerprint density at radius 1 is 1.13 bits per heavy atom. The minimum Gasteiger partial charge on any atom is -0.464 e. The van der Waals surface area contributed by atoms with Gasteiger partial charge in [-0.3, -0.25) is 0 Å². The molecule has 1 aromatic carbocycles. The molecule has 0 amide bonds. The van der Waals surface area contributed by atoms with Gasteiger partial charge in [0.1, 0.15) is 11.5 Å². The predicted octanol–water partition coefficient (Wildman–Crippen LogP) is 3.24. The summed E-state index contributed by atoms with van der Waals surface area (Å²) in [5.41, 5.74) is 7.16. The third kappa shape index (κ3) is 2.41. The molecule has 2 N–H and O–H groups in total. The van der Waals surface area contributed by atoms with Crippen molar-refractivity contribution in [1.82, 2.24) is 0 Å². The van der Waals surface area contributed by atoms with E-state index in [1.54, 1.807) is 0 Å². The van der Waals surface area contributed by atoms with Crippen LogP contribution in [0.4, 0.5) is 0 Å². The zero-order chi connectivity index (χ0) is 10.8. The summed E-state index contributed by atoms with van der Waals surface area (Å²) in [6.45, 7) is 1.92. The second-order valence-corrected chi connectivity index (χ2v) is 4.72. The number of halogens is 1. The number of aryl methyl sites for hydroxylation is 1. The lowest BCUT2D eigenvalue weighted by molar-refractivity contribution is 0.466. The highest BCUT2D eigenvalue weighted by Crippen LogP contribution is 2.22. The number of hydrogen-bond acceptors (Lipinski definition) is 2. The zero-order valence-corrected chi connectivity index (χ0v) is 10.6. The van der Waals surface area contributed by atoms with Gasteiger partial charge < -0.3 is 10.2 Å². The Morgan fingerprint density at radius 3 is 2.33 bits per heavy atom. The summed E-state index contributed by atoms with van der Waals surface area (Å²) in [4.78, 5) is 0. The van der Waals surface area contributed by atoms with Crippen molar-refractivity contribution in [2.75, 3.05) is 0 Å². The second kappa shape index (κ2) is 4.37. The average molecular weight is 313 g/mol. The van der Waals surface area contributed by atoms with E-state index in [2.05, 4.69) is 22.6 Å². The first kappa shape index (κ1) is 10.7. The van der Waals surface area contributed by atoms with E-state index in [4.69, 9.17) is 10.2 Å². The maximum Gasteiger partial charge on any atom is 0.125 e. The van der Waals surface area contributed by atoms with Gasteiger partial charge in [0.15, 0.2) is 0 Å². The Balaban J connectivity index is 2.28. The van der Waals surface area contributed by atoms with Gasteiger partial charge in [-0.05, 0) is 59.3 Å². The largest absolute Gasteiger partial charge is 0.464 e. The monoisotopic (exact) mass is 313 g/mol. The Kier molecular flexibility index (Phi) is 3.11. The summed E-state index contributed by atoms with van der Waals surface area (Å²) in [6.07, 6.45) is 0. The molecule has 1 heterocycles. The maximum atomic E-state index is 6.08. The molecule has 2 nitrogen and oxygen atoms in total. The Hall–Kier alpha value is -0.810. The Bertz CT molecular complexity index is 447. The van der Waals surface area contributed by atoms with Gasteiger partial charge in [0, 0.05) is 3.57 Å². The molecule has 0 fully saturated rings. The lowest BCUT2D eigenvalue weighted by atomic mass is 10.1. The van der Waals surface area contributed by atoms with Crippen molar-refractivity contribution in [3.63, 3.8) is 0 Å². The molecule has 0 radical (unpaired) electrons. The van der Waals surface area contributed by atoms with Crippen molar-refractivity contribution in [3.8, 4) is 0 Å². The predicted molar refractivity (Wildman–Crippen MR) is 68.6 cm³/mol. The van der Waals surface area contributed by atoms with Crippen LogP contribution < -0.4 is 5.73 Å². The van der Waals surface area contributed by atoms with Gasteiger partial charge >= 0.3 is 0 Å². The molecule has 15 heavy (non-hydrogen) atoms. The maximum absolute atomic E-state index is 6.08. The molecule has 0 saturated heterocycles. The standard InChI is InChI=1S/C12H12INO/c1-8-2-7-11(15-8)12(14)9-3-5-10(13)6-4-9/h2-7,12H,14H2,1H3. The molecule has 1 aromatic heterocycles. The first-order valence-electron chi connectivity index (χ1n) is 4.74. The van der Waals surface area contributed by atoms with E-state index in [9.17, 15) is 0 Å². The quantitative estimate of drug-likeness (QED) is 0.865. The fourth-order valence-corrected chi connectivity index (χ4v) is 1.81. The van der Waals surface area contributed by atoms with Crippen molar-refractivity contribution in [2.24, 2.45) is 5.73 Å². The van der Waals surface area contributed by atoms with Crippen molar-refractivity contribution < 1.29 is 4.42 Å². The van der Waals surface area contributed by atoms with Crippen molar-refractivity contribution >= 4 is 22.6 Å². The molecule has 0 aliphatic heterocycles. The van der Waals surface area contributed by atoms with E-state index in [-0.39, 0.29) is 6.04 Å². The average Bonchev–Trinajstić information content (AvgIpc) is 2.65. The molecule has 0 spiro atoms. The van der Waals surface area contributed by atoms with E-state index in [1.165, 1.54) is 3.57 Å². The van der Waals surface area contributed by atoms with Crippen molar-refractivity contribution in [2.45, 2.75) is 13.0 Å². The number of nitrogens with two attached hydrogens (primary N) is 1. The van der Waals surface area contributed by atoms with Gasteiger partial charge in [0.2, 0.25) is 0 Å². The number of benzene rings is 1. The number of hydrogen-bond donors (Lipinski definition) is 1. The number of rotatable bonds is 2. The van der Waals surface area contributed by atoms with Gasteiger partial charge in [0.25, 0.3) is 0 Å². The minimum atomic E-state index is -0.171. The summed E-state index contributed by atoms with van der Waals surface area (Å²) in [6, 6.07) is 11.8. The van der Waals surface area contributed by atoms with Crippen LogP contribution in [0, 0.1) is 10.5 Å². The van der Waals surface area contributed by atoms with E-state index in [0.29, 0.717) is 0 Å². The van der Waals surface area contributed by atoms with E-state index in [1.807, 2.05) is 43.3 Å². The third-order valence-corrected chi connectivity index (χ3v) is 3.02. The normalized spacial score (nSPS) is 12.7. The van der Waals surface area contributed by atoms with Crippen molar-refractivity contribution in [1.29, 1.82) is 0 Å². The minimum absolute atomic E-state index is 0.171. The second-order valence-electron chi connectivity index (χ2n) is 3.48. The van der Waals surface area contributed by atoms with Crippen LogP contribution in [0.25, 0.3) is 0 Å². The lowest BCUT2D eigenvalue weighted by Gasteiger charge is -2.08. The summed E-state index contributed by atoms with van der Waals surface area (Å²) >= 11 is 2.27. The van der Waals surface area contributed by atoms with E-state index in [0.717, 1.165) is 17.1 Å². The highest BCUT2D eigenvalue weighted by atomic mass is 127. The Morgan fingerprint density at radius 2 is 1.80 bits per heavy atom. The molecule has 0 aliphatic rings. The molecule has 2 rings (SSSR count). The first-order chi connectivity index (χ1) is 7.16. The summed E-state index contributed by atoms with van der Waals surface area (Å²) in [5, 5.41) is 0. The van der Waals surface area contributed by atoms with Crippen LogP contribution in [-0.4, -0.2) is 0 Å². The van der Waals surface area contributed by atoms with Crippen LogP contribution in [-0.2, 0) is 0 Å². The molecular weight excluding hydrogens is 301 g/mol. The molecule has 2 aromatic rings. The number of furan rings is 1. The molecule has 78 valence electrons. The van der Waals surface area contributed by atoms with E-state index >= 15 is 0 Å². The summed E-state index contributed by atoms with van der Waals surface area (Å²) < 4.78 is 6.71. The van der Waals surface area contributed by atoms with Crippen LogP contribution in [0.15, 0.2) is 40.8 Å². The van der Waals surface area contributed by atoms with Gasteiger partial charge in [-0.2, -0.15) is 0 Å². The first-order valence-corrected chi connectivity index (χ1v) is 5.82. The summed E-state index contributed by atoms with van der Waals surface area (Å²) in [5.74, 6) is 1.71. The highest BCUT2D eigenvalue weighted by molar-refractivity contribution is 14.1. The van der Waals surface area contributed by atoms with Crippen molar-refractivity contribution in [3.05, 3.63) is 57.1 Å². The molecule has 3 heteroatoms. The van der Waals surface area contributed by atoms with Crippen LogP contribution in [0.2, 0.25) is 0 Å². The topological polar surface area (TPSA) is 39.2 Å². The molecule has 0 aliphatic carbocycles. The van der Waals surface area contributed by atoms with Crippen LogP contribution in [0.1, 0.15) is 23.1 Å². The molecular formula is C12H12INO. The fraction of sp³-hybridized carbons (Fsp3) is 0.167. The smallest absolute Gasteiger partial charge is 0.125 e. The molecule has 0 saturated carbocycles. The molecule has 1 atom stereocenters. The fourth-order valence-electron chi connectivity index (χ4n) is 1.45. The van der Waals surface area contributed by atoms with Crippen LogP contribution in [0.3, 0.4) is 0 Å².